The topological polar surface area (TPSA) is 18.5 Å². The van der Waals surface area contributed by atoms with Gasteiger partial charge in [0.25, 0.3) is 0 Å². The normalized spacial score (nSPS) is 18.0. The SMILES string of the molecule is CC1(C)OB(c2cccc(P(=S)(c3ccccc3)c3ccccc3)c2)OC1(C)C. The minimum absolute atomic E-state index is 0.368. The highest BCUT2D eigenvalue weighted by molar-refractivity contribution is 8.25. The van der Waals surface area contributed by atoms with Crippen LogP contribution in [0.25, 0.3) is 0 Å². The average molecular weight is 420 g/mol. The molecule has 1 aliphatic heterocycles. The summed E-state index contributed by atoms with van der Waals surface area (Å²) in [6.07, 6.45) is 0. The summed E-state index contributed by atoms with van der Waals surface area (Å²) in [6, 6.07) is 27.2. The maximum atomic E-state index is 6.46. The molecular weight excluding hydrogens is 394 g/mol. The summed E-state index contributed by atoms with van der Waals surface area (Å²) in [4.78, 5) is 0. The van der Waals surface area contributed by atoms with Gasteiger partial charge in [0, 0.05) is 6.04 Å². The molecule has 0 saturated carbocycles. The van der Waals surface area contributed by atoms with Gasteiger partial charge in [-0.3, -0.25) is 0 Å². The minimum atomic E-state index is -2.19. The summed E-state index contributed by atoms with van der Waals surface area (Å²) in [5.74, 6) is 0. The Bertz CT molecular complexity index is 991. The third-order valence-electron chi connectivity index (χ3n) is 6.00. The van der Waals surface area contributed by atoms with E-state index in [2.05, 4.69) is 100 Å². The molecule has 1 fully saturated rings. The Hall–Kier alpha value is -1.71. The monoisotopic (exact) mass is 420 g/mol. The predicted octanol–water partition coefficient (Wildman–Crippen LogP) is 3.74. The molecule has 1 aliphatic rings. The Morgan fingerprint density at radius 3 is 1.59 bits per heavy atom. The molecule has 0 spiro atoms. The number of hydrogen-bond acceptors (Lipinski definition) is 3. The quantitative estimate of drug-likeness (QED) is 0.473. The largest absolute Gasteiger partial charge is 0.494 e. The van der Waals surface area contributed by atoms with Crippen molar-refractivity contribution in [2.24, 2.45) is 0 Å². The Morgan fingerprint density at radius 2 is 1.10 bits per heavy atom. The fraction of sp³-hybridized carbons (Fsp3) is 0.250. The number of rotatable bonds is 4. The molecule has 3 aromatic carbocycles. The standard InChI is InChI=1S/C24H26BO2PS/c1-23(2)24(3,4)27-25(26-23)19-12-11-17-22(18-19)28(29,20-13-7-5-8-14-20)21-15-9-6-10-16-21/h5-18H,1-4H3. The first-order chi connectivity index (χ1) is 13.7. The van der Waals surface area contributed by atoms with E-state index in [1.807, 2.05) is 12.1 Å². The highest BCUT2D eigenvalue weighted by Crippen LogP contribution is 2.42. The first-order valence-electron chi connectivity index (χ1n) is 9.91. The first-order valence-corrected chi connectivity index (χ1v) is 12.7. The lowest BCUT2D eigenvalue weighted by Gasteiger charge is -2.32. The van der Waals surface area contributed by atoms with Crippen molar-refractivity contribution < 1.29 is 9.31 Å². The van der Waals surface area contributed by atoms with Gasteiger partial charge >= 0.3 is 7.12 Å². The molecule has 2 nitrogen and oxygen atoms in total. The average Bonchev–Trinajstić information content (AvgIpc) is 2.96. The lowest BCUT2D eigenvalue weighted by atomic mass is 9.79. The molecule has 0 unspecified atom stereocenters. The second kappa shape index (κ2) is 7.52. The smallest absolute Gasteiger partial charge is 0.399 e. The highest BCUT2D eigenvalue weighted by Gasteiger charge is 2.51. The second-order valence-corrected chi connectivity index (χ2v) is 12.9. The molecule has 0 bridgehead atoms. The molecule has 4 rings (SSSR count). The van der Waals surface area contributed by atoms with E-state index < -0.39 is 13.2 Å². The Kier molecular flexibility index (Phi) is 5.33. The molecule has 0 amide bonds. The third kappa shape index (κ3) is 3.64. The fourth-order valence-electron chi connectivity index (χ4n) is 3.57. The second-order valence-electron chi connectivity index (χ2n) is 8.46. The molecule has 29 heavy (non-hydrogen) atoms. The zero-order valence-corrected chi connectivity index (χ0v) is 19.0. The molecule has 148 valence electrons. The molecule has 0 radical (unpaired) electrons. The van der Waals surface area contributed by atoms with Gasteiger partial charge < -0.3 is 9.31 Å². The molecule has 0 aliphatic carbocycles. The summed E-state index contributed by atoms with van der Waals surface area (Å²) in [7, 11) is -0.394. The zero-order valence-electron chi connectivity index (χ0n) is 17.3. The van der Waals surface area contributed by atoms with E-state index in [0.29, 0.717) is 0 Å². The van der Waals surface area contributed by atoms with E-state index in [-0.39, 0.29) is 11.2 Å². The van der Waals surface area contributed by atoms with Crippen LogP contribution in [0.2, 0.25) is 0 Å². The van der Waals surface area contributed by atoms with Crippen molar-refractivity contribution in [3.63, 3.8) is 0 Å². The van der Waals surface area contributed by atoms with Crippen LogP contribution < -0.4 is 21.4 Å². The van der Waals surface area contributed by atoms with E-state index in [1.165, 1.54) is 10.6 Å². The van der Waals surface area contributed by atoms with Crippen LogP contribution >= 0.6 is 6.04 Å². The molecule has 0 atom stereocenters. The summed E-state index contributed by atoms with van der Waals surface area (Å²) in [5, 5.41) is 3.52. The van der Waals surface area contributed by atoms with Crippen molar-refractivity contribution in [1.29, 1.82) is 0 Å². The zero-order chi connectivity index (χ0) is 20.7. The van der Waals surface area contributed by atoms with Crippen LogP contribution in [-0.2, 0) is 21.1 Å². The summed E-state index contributed by atoms with van der Waals surface area (Å²) >= 11 is 6.46. The maximum absolute atomic E-state index is 6.46. The van der Waals surface area contributed by atoms with E-state index in [1.54, 1.807) is 0 Å². The summed E-state index contributed by atoms with van der Waals surface area (Å²) < 4.78 is 12.6. The molecule has 1 saturated heterocycles. The molecule has 0 N–H and O–H groups in total. The van der Waals surface area contributed by atoms with Crippen molar-refractivity contribution >= 4 is 46.3 Å². The predicted molar refractivity (Wildman–Crippen MR) is 128 cm³/mol. The maximum Gasteiger partial charge on any atom is 0.494 e. The van der Waals surface area contributed by atoms with Crippen molar-refractivity contribution in [1.82, 2.24) is 0 Å². The minimum Gasteiger partial charge on any atom is -0.399 e. The highest BCUT2D eigenvalue weighted by atomic mass is 32.4. The van der Waals surface area contributed by atoms with E-state index >= 15 is 0 Å². The van der Waals surface area contributed by atoms with Crippen LogP contribution in [0.5, 0.6) is 0 Å². The molecule has 5 heteroatoms. The van der Waals surface area contributed by atoms with Crippen LogP contribution in [0.1, 0.15) is 27.7 Å². The van der Waals surface area contributed by atoms with Crippen LogP contribution in [-0.4, -0.2) is 18.3 Å². The van der Waals surface area contributed by atoms with Crippen molar-refractivity contribution in [3.05, 3.63) is 84.9 Å². The van der Waals surface area contributed by atoms with Gasteiger partial charge in [0.15, 0.2) is 0 Å². The third-order valence-corrected chi connectivity index (χ3v) is 11.0. The van der Waals surface area contributed by atoms with Gasteiger partial charge in [-0.25, -0.2) is 0 Å². The van der Waals surface area contributed by atoms with Crippen molar-refractivity contribution in [2.45, 2.75) is 38.9 Å². The Morgan fingerprint density at radius 1 is 0.655 bits per heavy atom. The van der Waals surface area contributed by atoms with Gasteiger partial charge in [0.1, 0.15) is 0 Å². The van der Waals surface area contributed by atoms with Crippen LogP contribution in [0.3, 0.4) is 0 Å². The van der Waals surface area contributed by atoms with E-state index in [9.17, 15) is 0 Å². The van der Waals surface area contributed by atoms with Gasteiger partial charge in [-0.15, -0.1) is 0 Å². The van der Waals surface area contributed by atoms with Gasteiger partial charge in [-0.05, 0) is 49.1 Å². The molecular formula is C24H26BO2PS. The molecule has 1 heterocycles. The van der Waals surface area contributed by atoms with Gasteiger partial charge in [0.2, 0.25) is 0 Å². The van der Waals surface area contributed by atoms with Gasteiger partial charge in [-0.1, -0.05) is 96.7 Å². The molecule has 3 aromatic rings. The Labute approximate surface area is 179 Å². The lowest BCUT2D eigenvalue weighted by molar-refractivity contribution is 0.00578. The fourth-order valence-corrected chi connectivity index (χ4v) is 7.35. The molecule has 0 aromatic heterocycles. The van der Waals surface area contributed by atoms with Crippen LogP contribution in [0.15, 0.2) is 84.9 Å². The van der Waals surface area contributed by atoms with Gasteiger partial charge in [-0.2, -0.15) is 0 Å². The van der Waals surface area contributed by atoms with Crippen LogP contribution in [0.4, 0.5) is 0 Å². The number of benzene rings is 3. The first kappa shape index (κ1) is 20.6. The lowest BCUT2D eigenvalue weighted by Crippen LogP contribution is -2.41. The van der Waals surface area contributed by atoms with Crippen molar-refractivity contribution in [3.8, 4) is 0 Å². The number of hydrogen-bond donors (Lipinski definition) is 0. The Balaban J connectivity index is 1.82. The van der Waals surface area contributed by atoms with E-state index in [4.69, 9.17) is 21.1 Å². The summed E-state index contributed by atoms with van der Waals surface area (Å²) in [6.45, 7) is 8.31. The van der Waals surface area contributed by atoms with E-state index in [0.717, 1.165) is 10.8 Å². The van der Waals surface area contributed by atoms with Crippen molar-refractivity contribution in [2.75, 3.05) is 0 Å². The summed E-state index contributed by atoms with van der Waals surface area (Å²) in [5.41, 5.74) is 0.279. The van der Waals surface area contributed by atoms with Crippen LogP contribution in [0, 0.1) is 0 Å². The van der Waals surface area contributed by atoms with Gasteiger partial charge in [0.05, 0.1) is 11.2 Å².